The molecule has 114 valence electrons. The molecule has 0 amide bonds. The van der Waals surface area contributed by atoms with E-state index in [2.05, 4.69) is 57.8 Å². The minimum Gasteiger partial charge on any atom is -0.308 e. The first kappa shape index (κ1) is 16.6. The van der Waals surface area contributed by atoms with Crippen LogP contribution in [0, 0.1) is 5.82 Å². The fraction of sp³-hybridized carbons (Fsp3) is 0.375. The van der Waals surface area contributed by atoms with Gasteiger partial charge in [0.1, 0.15) is 5.82 Å². The second-order valence-corrected chi connectivity index (χ2v) is 7.19. The summed E-state index contributed by atoms with van der Waals surface area (Å²) in [6.45, 7) is 2.78. The first-order valence-corrected chi connectivity index (χ1v) is 8.54. The summed E-state index contributed by atoms with van der Waals surface area (Å²) in [6.07, 6.45) is 0. The molecule has 0 spiro atoms. The average molecular weight is 371 g/mol. The number of benzene rings is 1. The van der Waals surface area contributed by atoms with Gasteiger partial charge in [0, 0.05) is 27.5 Å². The molecule has 5 heteroatoms. The minimum absolute atomic E-state index is 0.0273. The number of likely N-dealkylation sites (N-methyl/N-ethyl adjacent to an activating group) is 1. The number of rotatable bonds is 6. The SMILES string of the molecule is CC(NCC(c1cccs1)N(C)C)c1ccc(Br)cc1F. The second-order valence-electron chi connectivity index (χ2n) is 5.29. The van der Waals surface area contributed by atoms with Gasteiger partial charge < -0.3 is 10.2 Å². The third-order valence-corrected chi connectivity index (χ3v) is 5.01. The molecule has 21 heavy (non-hydrogen) atoms. The minimum atomic E-state index is -0.179. The van der Waals surface area contributed by atoms with E-state index in [1.54, 1.807) is 11.3 Å². The van der Waals surface area contributed by atoms with Gasteiger partial charge in [-0.1, -0.05) is 28.1 Å². The van der Waals surface area contributed by atoms with Crippen molar-refractivity contribution >= 4 is 27.3 Å². The molecule has 0 saturated heterocycles. The van der Waals surface area contributed by atoms with Gasteiger partial charge in [-0.15, -0.1) is 11.3 Å². The fourth-order valence-electron chi connectivity index (χ4n) is 2.27. The van der Waals surface area contributed by atoms with Gasteiger partial charge in [0.2, 0.25) is 0 Å². The van der Waals surface area contributed by atoms with Crippen LogP contribution in [0.3, 0.4) is 0 Å². The lowest BCUT2D eigenvalue weighted by Gasteiger charge is -2.26. The zero-order chi connectivity index (χ0) is 15.4. The molecule has 0 fully saturated rings. The summed E-state index contributed by atoms with van der Waals surface area (Å²) in [5.74, 6) is -0.179. The summed E-state index contributed by atoms with van der Waals surface area (Å²) in [4.78, 5) is 3.50. The lowest BCUT2D eigenvalue weighted by molar-refractivity contribution is 0.285. The molecule has 0 saturated carbocycles. The van der Waals surface area contributed by atoms with Crippen molar-refractivity contribution in [1.29, 1.82) is 0 Å². The standard InChI is InChI=1S/C16H20BrFN2S/c1-11(13-7-6-12(17)9-14(13)18)19-10-15(20(2)3)16-5-4-8-21-16/h4-9,11,15,19H,10H2,1-3H3. The first-order chi connectivity index (χ1) is 9.99. The summed E-state index contributed by atoms with van der Waals surface area (Å²) >= 11 is 5.04. The fourth-order valence-corrected chi connectivity index (χ4v) is 3.53. The zero-order valence-corrected chi connectivity index (χ0v) is 14.8. The Labute approximate surface area is 138 Å². The maximum atomic E-state index is 14.0. The summed E-state index contributed by atoms with van der Waals surface area (Å²) in [6, 6.07) is 9.69. The second kappa shape index (κ2) is 7.49. The number of nitrogens with one attached hydrogen (secondary N) is 1. The summed E-state index contributed by atoms with van der Waals surface area (Å²) < 4.78 is 14.7. The molecule has 2 nitrogen and oxygen atoms in total. The van der Waals surface area contributed by atoms with E-state index in [1.807, 2.05) is 19.1 Å². The lowest BCUT2D eigenvalue weighted by atomic mass is 10.1. The van der Waals surface area contributed by atoms with Crippen molar-refractivity contribution in [2.75, 3.05) is 20.6 Å². The Hall–Kier alpha value is -0.750. The summed E-state index contributed by atoms with van der Waals surface area (Å²) in [5.41, 5.74) is 0.696. The third-order valence-electron chi connectivity index (χ3n) is 3.54. The molecule has 1 N–H and O–H groups in total. The summed E-state index contributed by atoms with van der Waals surface area (Å²) in [7, 11) is 4.13. The van der Waals surface area contributed by atoms with Crippen LogP contribution in [-0.2, 0) is 0 Å². The van der Waals surface area contributed by atoms with Gasteiger partial charge in [-0.3, -0.25) is 0 Å². The van der Waals surface area contributed by atoms with Crippen LogP contribution in [0.4, 0.5) is 4.39 Å². The molecule has 2 rings (SSSR count). The van der Waals surface area contributed by atoms with E-state index in [0.29, 0.717) is 11.6 Å². The largest absolute Gasteiger partial charge is 0.308 e. The van der Waals surface area contributed by atoms with E-state index in [9.17, 15) is 4.39 Å². The van der Waals surface area contributed by atoms with Crippen LogP contribution in [0.25, 0.3) is 0 Å². The van der Waals surface area contributed by atoms with Gasteiger partial charge in [0.25, 0.3) is 0 Å². The van der Waals surface area contributed by atoms with Gasteiger partial charge in [-0.2, -0.15) is 0 Å². The third kappa shape index (κ3) is 4.36. The lowest BCUT2D eigenvalue weighted by Crippen LogP contribution is -2.32. The molecular weight excluding hydrogens is 351 g/mol. The van der Waals surface area contributed by atoms with Crippen molar-refractivity contribution in [2.24, 2.45) is 0 Å². The Kier molecular flexibility index (Phi) is 5.93. The maximum absolute atomic E-state index is 14.0. The molecule has 0 aliphatic rings. The highest BCUT2D eigenvalue weighted by atomic mass is 79.9. The van der Waals surface area contributed by atoms with Crippen LogP contribution >= 0.6 is 27.3 Å². The van der Waals surface area contributed by atoms with Crippen LogP contribution in [0.15, 0.2) is 40.2 Å². The molecule has 2 atom stereocenters. The van der Waals surface area contributed by atoms with E-state index < -0.39 is 0 Å². The topological polar surface area (TPSA) is 15.3 Å². The predicted molar refractivity (Wildman–Crippen MR) is 91.3 cm³/mol. The monoisotopic (exact) mass is 370 g/mol. The maximum Gasteiger partial charge on any atom is 0.129 e. The molecule has 0 radical (unpaired) electrons. The number of hydrogen-bond acceptors (Lipinski definition) is 3. The normalized spacial score (nSPS) is 14.4. The van der Waals surface area contributed by atoms with Crippen LogP contribution in [-0.4, -0.2) is 25.5 Å². The van der Waals surface area contributed by atoms with Gasteiger partial charge in [-0.05, 0) is 44.6 Å². The van der Waals surface area contributed by atoms with E-state index in [0.717, 1.165) is 11.0 Å². The highest BCUT2D eigenvalue weighted by Gasteiger charge is 2.17. The van der Waals surface area contributed by atoms with Crippen molar-refractivity contribution < 1.29 is 4.39 Å². The summed E-state index contributed by atoms with van der Waals surface area (Å²) in [5, 5.41) is 5.53. The predicted octanol–water partition coefficient (Wildman–Crippen LogP) is 4.60. The van der Waals surface area contributed by atoms with Crippen molar-refractivity contribution in [2.45, 2.75) is 19.0 Å². The quantitative estimate of drug-likeness (QED) is 0.798. The Bertz CT molecular complexity index is 572. The zero-order valence-electron chi connectivity index (χ0n) is 12.4. The molecule has 1 aromatic carbocycles. The van der Waals surface area contributed by atoms with Crippen LogP contribution < -0.4 is 5.32 Å². The van der Waals surface area contributed by atoms with Gasteiger partial charge in [-0.25, -0.2) is 4.39 Å². The molecule has 1 aromatic heterocycles. The number of hydrogen-bond donors (Lipinski definition) is 1. The Morgan fingerprint density at radius 3 is 2.67 bits per heavy atom. The van der Waals surface area contributed by atoms with Crippen molar-refractivity contribution in [3.63, 3.8) is 0 Å². The molecule has 0 aliphatic carbocycles. The van der Waals surface area contributed by atoms with Crippen LogP contribution in [0.2, 0.25) is 0 Å². The van der Waals surface area contributed by atoms with E-state index in [4.69, 9.17) is 0 Å². The molecule has 0 bridgehead atoms. The van der Waals surface area contributed by atoms with Crippen molar-refractivity contribution in [3.05, 3.63) is 56.4 Å². The number of halogens is 2. The highest BCUT2D eigenvalue weighted by molar-refractivity contribution is 9.10. The number of thiophene rings is 1. The van der Waals surface area contributed by atoms with Crippen molar-refractivity contribution in [1.82, 2.24) is 10.2 Å². The Balaban J connectivity index is 2.03. The first-order valence-electron chi connectivity index (χ1n) is 6.87. The molecule has 1 heterocycles. The number of nitrogens with zero attached hydrogens (tertiary/aromatic N) is 1. The smallest absolute Gasteiger partial charge is 0.129 e. The van der Waals surface area contributed by atoms with E-state index >= 15 is 0 Å². The van der Waals surface area contributed by atoms with E-state index in [-0.39, 0.29) is 11.9 Å². The average Bonchev–Trinajstić information content (AvgIpc) is 2.92. The van der Waals surface area contributed by atoms with Crippen LogP contribution in [0.5, 0.6) is 0 Å². The van der Waals surface area contributed by atoms with Gasteiger partial charge >= 0.3 is 0 Å². The molecule has 2 unspecified atom stereocenters. The van der Waals surface area contributed by atoms with Crippen molar-refractivity contribution in [3.8, 4) is 0 Å². The van der Waals surface area contributed by atoms with Gasteiger partial charge in [0.15, 0.2) is 0 Å². The molecule has 0 aliphatic heterocycles. The van der Waals surface area contributed by atoms with Gasteiger partial charge in [0.05, 0.1) is 6.04 Å². The highest BCUT2D eigenvalue weighted by Crippen LogP contribution is 2.25. The van der Waals surface area contributed by atoms with E-state index in [1.165, 1.54) is 10.9 Å². The van der Waals surface area contributed by atoms with Crippen LogP contribution in [0.1, 0.15) is 29.4 Å². The Morgan fingerprint density at radius 2 is 2.10 bits per heavy atom. The Morgan fingerprint density at radius 1 is 1.33 bits per heavy atom. The molecular formula is C16H20BrFN2S. The molecule has 2 aromatic rings.